The first-order valence-electron chi connectivity index (χ1n) is 9.23. The van der Waals surface area contributed by atoms with Crippen LogP contribution in [0.15, 0.2) is 47.1 Å². The maximum atomic E-state index is 12.5. The Hall–Kier alpha value is -2.80. The van der Waals surface area contributed by atoms with E-state index in [0.29, 0.717) is 30.3 Å². The van der Waals surface area contributed by atoms with Gasteiger partial charge < -0.3 is 19.8 Å². The van der Waals surface area contributed by atoms with Crippen molar-refractivity contribution in [1.29, 1.82) is 0 Å². The van der Waals surface area contributed by atoms with E-state index < -0.39 is 0 Å². The van der Waals surface area contributed by atoms with E-state index in [1.54, 1.807) is 18.4 Å². The number of likely N-dealkylation sites (tertiary alicyclic amines) is 1. The number of benzene rings is 1. The van der Waals surface area contributed by atoms with Crippen LogP contribution >= 0.6 is 0 Å². The largest absolute Gasteiger partial charge is 0.492 e. The van der Waals surface area contributed by atoms with E-state index in [-0.39, 0.29) is 24.4 Å². The van der Waals surface area contributed by atoms with Gasteiger partial charge in [-0.25, -0.2) is 0 Å². The summed E-state index contributed by atoms with van der Waals surface area (Å²) >= 11 is 0. The lowest BCUT2D eigenvalue weighted by molar-refractivity contribution is -0.126. The van der Waals surface area contributed by atoms with Crippen molar-refractivity contribution >= 4 is 17.5 Å². The highest BCUT2D eigenvalue weighted by atomic mass is 16.5. The molecule has 3 rings (SSSR count). The van der Waals surface area contributed by atoms with Crippen molar-refractivity contribution in [2.75, 3.05) is 25.0 Å². The summed E-state index contributed by atoms with van der Waals surface area (Å²) < 4.78 is 10.8. The van der Waals surface area contributed by atoms with Gasteiger partial charge in [-0.3, -0.25) is 14.5 Å². The van der Waals surface area contributed by atoms with Crippen LogP contribution in [0.3, 0.4) is 0 Å². The lowest BCUT2D eigenvalue weighted by Crippen LogP contribution is -2.45. The molecule has 1 aromatic carbocycles. The maximum absolute atomic E-state index is 12.5. The predicted octanol–water partition coefficient (Wildman–Crippen LogP) is 2.40. The molecule has 0 radical (unpaired) electrons. The number of amides is 2. The molecule has 2 aromatic rings. The molecule has 1 aromatic heterocycles. The number of anilines is 1. The number of para-hydroxylation sites is 2. The summed E-state index contributed by atoms with van der Waals surface area (Å²) in [5.74, 6) is 1.11. The lowest BCUT2D eigenvalue weighted by Gasteiger charge is -2.23. The third kappa shape index (κ3) is 5.10. The van der Waals surface area contributed by atoms with Crippen LogP contribution in [0.4, 0.5) is 5.69 Å². The van der Waals surface area contributed by atoms with E-state index >= 15 is 0 Å². The molecule has 0 bridgehead atoms. The van der Waals surface area contributed by atoms with Gasteiger partial charge in [-0.05, 0) is 50.6 Å². The second-order valence-corrected chi connectivity index (χ2v) is 6.40. The van der Waals surface area contributed by atoms with Crippen LogP contribution in [0.25, 0.3) is 0 Å². The van der Waals surface area contributed by atoms with Crippen molar-refractivity contribution < 1.29 is 18.7 Å². The number of rotatable bonds is 8. The fraction of sp³-hybridized carbons (Fsp3) is 0.400. The smallest absolute Gasteiger partial charge is 0.238 e. The molecule has 0 aliphatic carbocycles. The van der Waals surface area contributed by atoms with Crippen molar-refractivity contribution in [3.05, 3.63) is 48.4 Å². The molecule has 1 aliphatic heterocycles. The Labute approximate surface area is 158 Å². The number of carbonyl (C=O) groups is 2. The monoisotopic (exact) mass is 371 g/mol. The number of ether oxygens (including phenoxy) is 1. The van der Waals surface area contributed by atoms with E-state index in [9.17, 15) is 9.59 Å². The molecule has 1 aliphatic rings. The minimum Gasteiger partial charge on any atom is -0.492 e. The van der Waals surface area contributed by atoms with E-state index in [4.69, 9.17) is 9.15 Å². The molecular weight excluding hydrogens is 346 g/mol. The number of nitrogens with zero attached hydrogens (tertiary/aromatic N) is 1. The third-order valence-electron chi connectivity index (χ3n) is 4.49. The Morgan fingerprint density at radius 3 is 2.89 bits per heavy atom. The Morgan fingerprint density at radius 2 is 2.11 bits per heavy atom. The van der Waals surface area contributed by atoms with Crippen LogP contribution < -0.4 is 15.4 Å². The van der Waals surface area contributed by atoms with Gasteiger partial charge in [-0.2, -0.15) is 0 Å². The molecular formula is C20H25N3O4. The second-order valence-electron chi connectivity index (χ2n) is 6.40. The molecule has 0 spiro atoms. The SMILES string of the molecule is CCOc1ccccc1NC(=O)CN1CCCC1C(=O)NCc1ccco1. The molecule has 27 heavy (non-hydrogen) atoms. The fourth-order valence-electron chi connectivity index (χ4n) is 3.24. The lowest BCUT2D eigenvalue weighted by atomic mass is 10.2. The molecule has 7 nitrogen and oxygen atoms in total. The summed E-state index contributed by atoms with van der Waals surface area (Å²) in [6.07, 6.45) is 3.21. The highest BCUT2D eigenvalue weighted by molar-refractivity contribution is 5.94. The molecule has 2 N–H and O–H groups in total. The zero-order chi connectivity index (χ0) is 19.1. The zero-order valence-corrected chi connectivity index (χ0v) is 15.4. The van der Waals surface area contributed by atoms with E-state index in [1.165, 1.54) is 0 Å². The summed E-state index contributed by atoms with van der Waals surface area (Å²) in [5.41, 5.74) is 0.641. The van der Waals surface area contributed by atoms with Gasteiger partial charge in [0.25, 0.3) is 0 Å². The molecule has 2 heterocycles. The van der Waals surface area contributed by atoms with Gasteiger partial charge in [0, 0.05) is 0 Å². The van der Waals surface area contributed by atoms with Crippen molar-refractivity contribution in [2.45, 2.75) is 32.4 Å². The van der Waals surface area contributed by atoms with E-state index in [0.717, 1.165) is 19.4 Å². The van der Waals surface area contributed by atoms with Crippen LogP contribution in [0.5, 0.6) is 5.75 Å². The number of furan rings is 1. The average Bonchev–Trinajstić information content (AvgIpc) is 3.33. The third-order valence-corrected chi connectivity index (χ3v) is 4.49. The Morgan fingerprint density at radius 1 is 1.26 bits per heavy atom. The van der Waals surface area contributed by atoms with E-state index in [2.05, 4.69) is 10.6 Å². The molecule has 1 fully saturated rings. The molecule has 7 heteroatoms. The number of nitrogens with one attached hydrogen (secondary N) is 2. The zero-order valence-electron chi connectivity index (χ0n) is 15.4. The topological polar surface area (TPSA) is 83.8 Å². The molecule has 1 atom stereocenters. The van der Waals surface area contributed by atoms with Crippen molar-refractivity contribution in [3.8, 4) is 5.75 Å². The van der Waals surface area contributed by atoms with E-state index in [1.807, 2.05) is 36.1 Å². The summed E-state index contributed by atoms with van der Waals surface area (Å²) in [6, 6.07) is 10.6. The van der Waals surface area contributed by atoms with Gasteiger partial charge in [0.2, 0.25) is 11.8 Å². The van der Waals surface area contributed by atoms with Crippen LogP contribution in [0.1, 0.15) is 25.5 Å². The van der Waals surface area contributed by atoms with Gasteiger partial charge >= 0.3 is 0 Å². The molecule has 144 valence electrons. The molecule has 0 saturated carbocycles. The van der Waals surface area contributed by atoms with Crippen molar-refractivity contribution in [2.24, 2.45) is 0 Å². The number of carbonyl (C=O) groups excluding carboxylic acids is 2. The van der Waals surface area contributed by atoms with Crippen LogP contribution in [0.2, 0.25) is 0 Å². The van der Waals surface area contributed by atoms with Gasteiger partial charge in [0.15, 0.2) is 0 Å². The highest BCUT2D eigenvalue weighted by Crippen LogP contribution is 2.24. The fourth-order valence-corrected chi connectivity index (χ4v) is 3.24. The van der Waals surface area contributed by atoms with Gasteiger partial charge in [0.05, 0.1) is 37.7 Å². The molecule has 1 unspecified atom stereocenters. The Balaban J connectivity index is 1.54. The molecule has 1 saturated heterocycles. The van der Waals surface area contributed by atoms with Crippen LogP contribution in [-0.4, -0.2) is 42.5 Å². The summed E-state index contributed by atoms with van der Waals surface area (Å²) in [4.78, 5) is 26.9. The minimum atomic E-state index is -0.298. The minimum absolute atomic E-state index is 0.0774. The van der Waals surface area contributed by atoms with Gasteiger partial charge in [-0.1, -0.05) is 12.1 Å². The first-order valence-corrected chi connectivity index (χ1v) is 9.23. The van der Waals surface area contributed by atoms with Crippen LogP contribution in [0, 0.1) is 0 Å². The summed E-state index contributed by atoms with van der Waals surface area (Å²) in [6.45, 7) is 3.66. The molecule has 2 amide bonds. The predicted molar refractivity (Wildman–Crippen MR) is 101 cm³/mol. The average molecular weight is 371 g/mol. The second kappa shape index (κ2) is 9.23. The highest BCUT2D eigenvalue weighted by Gasteiger charge is 2.31. The normalized spacial score (nSPS) is 16.9. The quantitative estimate of drug-likeness (QED) is 0.744. The Kier molecular flexibility index (Phi) is 6.49. The standard InChI is InChI=1S/C20H25N3O4/c1-2-26-18-10-4-3-8-16(18)22-19(24)14-23-11-5-9-17(23)20(25)21-13-15-7-6-12-27-15/h3-4,6-8,10,12,17H,2,5,9,11,13-14H2,1H3,(H,21,25)(H,22,24). The maximum Gasteiger partial charge on any atom is 0.238 e. The number of hydrogen-bond donors (Lipinski definition) is 2. The van der Waals surface area contributed by atoms with Crippen molar-refractivity contribution in [3.63, 3.8) is 0 Å². The summed E-state index contributed by atoms with van der Waals surface area (Å²) in [5, 5.41) is 5.76. The van der Waals surface area contributed by atoms with Gasteiger partial charge in [-0.15, -0.1) is 0 Å². The first-order chi connectivity index (χ1) is 13.2. The Bertz CT molecular complexity index is 760. The number of hydrogen-bond acceptors (Lipinski definition) is 5. The first kappa shape index (κ1) is 19.0. The van der Waals surface area contributed by atoms with Crippen LogP contribution in [-0.2, 0) is 16.1 Å². The summed E-state index contributed by atoms with van der Waals surface area (Å²) in [7, 11) is 0. The van der Waals surface area contributed by atoms with Crippen molar-refractivity contribution in [1.82, 2.24) is 10.2 Å². The van der Waals surface area contributed by atoms with Gasteiger partial charge in [0.1, 0.15) is 11.5 Å².